The number of amides is 1. The van der Waals surface area contributed by atoms with E-state index in [9.17, 15) is 4.79 Å². The molecule has 128 valence electrons. The van der Waals surface area contributed by atoms with E-state index in [1.165, 1.54) is 7.11 Å². The van der Waals surface area contributed by atoms with Gasteiger partial charge in [0, 0.05) is 11.1 Å². The zero-order chi connectivity index (χ0) is 17.7. The van der Waals surface area contributed by atoms with Crippen LogP contribution in [-0.2, 0) is 4.74 Å². The molecule has 0 aliphatic carbocycles. The fraction of sp³-hybridized carbons (Fsp3) is 0.200. The smallest absolute Gasteiger partial charge is 0.408 e. The lowest BCUT2D eigenvalue weighted by atomic mass is 10.1. The second-order valence-electron chi connectivity index (χ2n) is 4.74. The molecule has 2 rings (SSSR count). The highest BCUT2D eigenvalue weighted by Crippen LogP contribution is 2.29. The molecular formula is C15H14Cl3N3O2S. The number of ether oxygens (including phenoxy) is 1. The minimum absolute atomic E-state index is 0.180. The quantitative estimate of drug-likeness (QED) is 0.405. The van der Waals surface area contributed by atoms with Crippen molar-refractivity contribution in [2.75, 3.05) is 12.4 Å². The summed E-state index contributed by atoms with van der Waals surface area (Å²) in [5.41, 5.74) is 0.784. The molecule has 0 unspecified atom stereocenters. The number of halogens is 3. The predicted octanol–water partition coefficient (Wildman–Crippen LogP) is 4.18. The third kappa shape index (κ3) is 5.01. The average molecular weight is 407 g/mol. The van der Waals surface area contributed by atoms with Crippen LogP contribution in [0.1, 0.15) is 0 Å². The highest BCUT2D eigenvalue weighted by atomic mass is 35.6. The lowest BCUT2D eigenvalue weighted by Crippen LogP contribution is -2.56. The van der Waals surface area contributed by atoms with Gasteiger partial charge in [-0.05, 0) is 23.7 Å². The van der Waals surface area contributed by atoms with Crippen LogP contribution in [0.3, 0.4) is 0 Å². The van der Waals surface area contributed by atoms with Crippen LogP contribution in [-0.4, -0.2) is 28.3 Å². The van der Waals surface area contributed by atoms with E-state index in [0.29, 0.717) is 0 Å². The molecule has 0 spiro atoms. The summed E-state index contributed by atoms with van der Waals surface area (Å²) in [5, 5.41) is 10.4. The van der Waals surface area contributed by atoms with Crippen molar-refractivity contribution in [2.24, 2.45) is 0 Å². The van der Waals surface area contributed by atoms with Crippen molar-refractivity contribution in [3.05, 3.63) is 42.5 Å². The maximum Gasteiger partial charge on any atom is 0.408 e. The first kappa shape index (κ1) is 18.9. The second-order valence-corrected chi connectivity index (χ2v) is 7.51. The van der Waals surface area contributed by atoms with Gasteiger partial charge in [-0.25, -0.2) is 4.79 Å². The van der Waals surface area contributed by atoms with Crippen molar-refractivity contribution in [1.29, 1.82) is 0 Å². The normalized spacial score (nSPS) is 12.3. The molecule has 1 amide bonds. The van der Waals surface area contributed by atoms with Gasteiger partial charge in [0.15, 0.2) is 11.3 Å². The Labute approximate surface area is 159 Å². The van der Waals surface area contributed by atoms with E-state index in [2.05, 4.69) is 20.7 Å². The topological polar surface area (TPSA) is 62.4 Å². The van der Waals surface area contributed by atoms with E-state index in [1.54, 1.807) is 0 Å². The first-order valence-electron chi connectivity index (χ1n) is 6.77. The number of anilines is 1. The summed E-state index contributed by atoms with van der Waals surface area (Å²) in [4.78, 5) is 11.4. The number of nitrogens with one attached hydrogen (secondary N) is 3. The Kier molecular flexibility index (Phi) is 6.34. The summed E-state index contributed by atoms with van der Waals surface area (Å²) < 4.78 is 2.67. The van der Waals surface area contributed by atoms with Crippen molar-refractivity contribution in [3.63, 3.8) is 0 Å². The van der Waals surface area contributed by atoms with Crippen LogP contribution in [0.4, 0.5) is 10.5 Å². The largest absolute Gasteiger partial charge is 0.453 e. The molecule has 0 radical (unpaired) electrons. The van der Waals surface area contributed by atoms with Crippen LogP contribution in [0, 0.1) is 0 Å². The standard InChI is InChI=1S/C15H14Cl3N3O2S/c1-23-14(22)21-12(15(16,17)18)20-13(24)19-11-8-4-6-9-5-2-3-7-10(9)11/h2-8,12H,1H3,(H,21,22)(H2,19,20,24)/t12-/m1/s1. The fourth-order valence-corrected chi connectivity index (χ4v) is 2.56. The van der Waals surface area contributed by atoms with Gasteiger partial charge in [0.05, 0.1) is 7.11 Å². The molecule has 5 nitrogen and oxygen atoms in total. The Morgan fingerprint density at radius 2 is 1.79 bits per heavy atom. The van der Waals surface area contributed by atoms with Gasteiger partial charge in [0.2, 0.25) is 3.79 Å². The number of benzene rings is 2. The lowest BCUT2D eigenvalue weighted by molar-refractivity contribution is 0.166. The van der Waals surface area contributed by atoms with Crippen LogP contribution < -0.4 is 16.0 Å². The molecule has 0 aliphatic heterocycles. The molecule has 0 aromatic heterocycles. The molecule has 0 bridgehead atoms. The summed E-state index contributed by atoms with van der Waals surface area (Å²) in [5.74, 6) is 0. The number of hydrogen-bond donors (Lipinski definition) is 3. The van der Waals surface area contributed by atoms with E-state index in [4.69, 9.17) is 47.0 Å². The van der Waals surface area contributed by atoms with Crippen molar-refractivity contribution in [2.45, 2.75) is 9.96 Å². The molecule has 1 atom stereocenters. The molecule has 2 aromatic carbocycles. The Morgan fingerprint density at radius 1 is 1.12 bits per heavy atom. The zero-order valence-corrected chi connectivity index (χ0v) is 15.6. The molecule has 2 aromatic rings. The van der Waals surface area contributed by atoms with Gasteiger partial charge in [0.25, 0.3) is 0 Å². The zero-order valence-electron chi connectivity index (χ0n) is 12.5. The molecule has 0 heterocycles. The van der Waals surface area contributed by atoms with Gasteiger partial charge in [-0.15, -0.1) is 0 Å². The van der Waals surface area contributed by atoms with Gasteiger partial charge in [-0.2, -0.15) is 0 Å². The third-order valence-corrected chi connectivity index (χ3v) is 3.96. The van der Waals surface area contributed by atoms with Gasteiger partial charge >= 0.3 is 6.09 Å². The monoisotopic (exact) mass is 405 g/mol. The summed E-state index contributed by atoms with van der Waals surface area (Å²) in [6.07, 6.45) is -1.84. The fourth-order valence-electron chi connectivity index (χ4n) is 2.00. The molecule has 9 heteroatoms. The number of alkyl halides is 3. The number of methoxy groups -OCH3 is 1. The van der Waals surface area contributed by atoms with Gasteiger partial charge in [-0.3, -0.25) is 5.32 Å². The Morgan fingerprint density at radius 3 is 2.46 bits per heavy atom. The van der Waals surface area contributed by atoms with Gasteiger partial charge < -0.3 is 15.4 Å². The van der Waals surface area contributed by atoms with E-state index in [0.717, 1.165) is 16.5 Å². The predicted molar refractivity (Wildman–Crippen MR) is 103 cm³/mol. The molecule has 24 heavy (non-hydrogen) atoms. The molecule has 0 fully saturated rings. The Hall–Kier alpha value is -1.47. The molecule has 0 aliphatic rings. The van der Waals surface area contributed by atoms with Crippen molar-refractivity contribution < 1.29 is 9.53 Å². The van der Waals surface area contributed by atoms with Gasteiger partial charge in [-0.1, -0.05) is 71.2 Å². The van der Waals surface area contributed by atoms with Crippen molar-refractivity contribution >= 4 is 74.7 Å². The molecule has 3 N–H and O–H groups in total. The first-order valence-corrected chi connectivity index (χ1v) is 8.32. The summed E-state index contributed by atoms with van der Waals surface area (Å²) in [7, 11) is 1.21. The molecule has 0 saturated heterocycles. The first-order chi connectivity index (χ1) is 11.3. The maximum atomic E-state index is 11.4. The summed E-state index contributed by atoms with van der Waals surface area (Å²) in [6, 6.07) is 13.6. The van der Waals surface area contributed by atoms with Crippen molar-refractivity contribution in [3.8, 4) is 0 Å². The third-order valence-electron chi connectivity index (χ3n) is 3.09. The van der Waals surface area contributed by atoms with E-state index < -0.39 is 16.1 Å². The molecule has 0 saturated carbocycles. The van der Waals surface area contributed by atoms with Gasteiger partial charge in [0.1, 0.15) is 0 Å². The number of carbonyl (C=O) groups is 1. The second kappa shape index (κ2) is 8.07. The lowest BCUT2D eigenvalue weighted by Gasteiger charge is -2.27. The number of hydrogen-bond acceptors (Lipinski definition) is 3. The van der Waals surface area contributed by atoms with Crippen molar-refractivity contribution in [1.82, 2.24) is 10.6 Å². The van der Waals surface area contributed by atoms with E-state index in [1.807, 2.05) is 42.5 Å². The number of fused-ring (bicyclic) bond motifs is 1. The average Bonchev–Trinajstić information content (AvgIpc) is 2.53. The minimum Gasteiger partial charge on any atom is -0.453 e. The highest BCUT2D eigenvalue weighted by Gasteiger charge is 2.35. The number of thiocarbonyl (C=S) groups is 1. The SMILES string of the molecule is COC(=O)N[C@@H](NC(=S)Nc1cccc2ccccc12)C(Cl)(Cl)Cl. The Bertz CT molecular complexity index is 747. The van der Waals surface area contributed by atoms with Crippen LogP contribution >= 0.6 is 47.0 Å². The van der Waals surface area contributed by atoms with Crippen LogP contribution in [0.5, 0.6) is 0 Å². The highest BCUT2D eigenvalue weighted by molar-refractivity contribution is 7.80. The molecular weight excluding hydrogens is 393 g/mol. The van der Waals surface area contributed by atoms with Crippen LogP contribution in [0.15, 0.2) is 42.5 Å². The van der Waals surface area contributed by atoms with Crippen LogP contribution in [0.25, 0.3) is 10.8 Å². The Balaban J connectivity index is 2.14. The number of carbonyl (C=O) groups excluding carboxylic acids is 1. The van der Waals surface area contributed by atoms with E-state index in [-0.39, 0.29) is 5.11 Å². The minimum atomic E-state index is -1.83. The summed E-state index contributed by atoms with van der Waals surface area (Å²) >= 11 is 22.8. The summed E-state index contributed by atoms with van der Waals surface area (Å²) in [6.45, 7) is 0. The van der Waals surface area contributed by atoms with E-state index >= 15 is 0 Å². The van der Waals surface area contributed by atoms with Crippen LogP contribution in [0.2, 0.25) is 0 Å². The number of alkyl carbamates (subject to hydrolysis) is 1. The number of rotatable bonds is 3. The maximum absolute atomic E-state index is 11.4.